The van der Waals surface area contributed by atoms with Gasteiger partial charge in [0, 0.05) is 16.1 Å². The zero-order chi connectivity index (χ0) is 13.3. The summed E-state index contributed by atoms with van der Waals surface area (Å²) in [4.78, 5) is 4.16. The van der Waals surface area contributed by atoms with Crippen molar-refractivity contribution in [2.75, 3.05) is 5.73 Å². The number of nitrogen functional groups attached to an aromatic ring is 1. The van der Waals surface area contributed by atoms with Crippen molar-refractivity contribution < 1.29 is 5.11 Å². The lowest BCUT2D eigenvalue weighted by molar-refractivity contribution is 0.282. The number of rotatable bonds is 2. The molecule has 0 aliphatic rings. The van der Waals surface area contributed by atoms with Crippen LogP contribution in [0, 0.1) is 0 Å². The van der Waals surface area contributed by atoms with Crippen molar-refractivity contribution in [2.24, 2.45) is 0 Å². The number of pyridine rings is 1. The lowest BCUT2D eigenvalue weighted by Gasteiger charge is -2.09. The second-order valence-electron chi connectivity index (χ2n) is 3.67. The molecule has 1 heterocycles. The van der Waals surface area contributed by atoms with Crippen LogP contribution >= 0.6 is 34.8 Å². The monoisotopic (exact) mass is 302 g/mol. The van der Waals surface area contributed by atoms with Gasteiger partial charge in [-0.2, -0.15) is 0 Å². The van der Waals surface area contributed by atoms with E-state index >= 15 is 0 Å². The topological polar surface area (TPSA) is 59.1 Å². The molecule has 0 atom stereocenters. The number of aliphatic hydroxyl groups is 1. The maximum absolute atomic E-state index is 9.18. The summed E-state index contributed by atoms with van der Waals surface area (Å²) in [5, 5.41) is 10.4. The molecule has 0 fully saturated rings. The third-order valence-corrected chi connectivity index (χ3v) is 3.27. The van der Waals surface area contributed by atoms with Gasteiger partial charge in [-0.3, -0.25) is 4.98 Å². The molecule has 2 aromatic rings. The average molecular weight is 304 g/mol. The Morgan fingerprint density at radius 1 is 1.11 bits per heavy atom. The van der Waals surface area contributed by atoms with Crippen molar-refractivity contribution >= 4 is 40.5 Å². The van der Waals surface area contributed by atoms with Gasteiger partial charge < -0.3 is 10.8 Å². The molecule has 3 nitrogen and oxygen atoms in total. The molecule has 0 saturated carbocycles. The lowest BCUT2D eigenvalue weighted by Crippen LogP contribution is -1.97. The highest BCUT2D eigenvalue weighted by Crippen LogP contribution is 2.36. The van der Waals surface area contributed by atoms with Crippen molar-refractivity contribution in [3.63, 3.8) is 0 Å². The molecule has 0 amide bonds. The number of anilines is 1. The van der Waals surface area contributed by atoms with Gasteiger partial charge in [-0.1, -0.05) is 34.8 Å². The van der Waals surface area contributed by atoms with E-state index in [9.17, 15) is 5.11 Å². The van der Waals surface area contributed by atoms with Crippen LogP contribution < -0.4 is 5.73 Å². The van der Waals surface area contributed by atoms with Crippen molar-refractivity contribution in [3.05, 3.63) is 45.0 Å². The van der Waals surface area contributed by atoms with E-state index in [0.717, 1.165) is 0 Å². The molecule has 0 spiro atoms. The Labute approximate surface area is 119 Å². The fourth-order valence-electron chi connectivity index (χ4n) is 1.57. The number of benzene rings is 1. The number of aliphatic hydroxyl groups excluding tert-OH is 1. The first-order chi connectivity index (χ1) is 8.52. The fraction of sp³-hybridized carbons (Fsp3) is 0.0833. The summed E-state index contributed by atoms with van der Waals surface area (Å²) in [6.07, 6.45) is 1.46. The molecule has 0 bridgehead atoms. The Bertz CT molecular complexity index is 579. The van der Waals surface area contributed by atoms with E-state index in [2.05, 4.69) is 4.98 Å². The van der Waals surface area contributed by atoms with Crippen LogP contribution in [0.1, 0.15) is 5.56 Å². The van der Waals surface area contributed by atoms with Crippen LogP contribution in [0.3, 0.4) is 0 Å². The predicted molar refractivity (Wildman–Crippen MR) is 75.0 cm³/mol. The molecular formula is C12H9Cl3N2O. The maximum Gasteiger partial charge on any atom is 0.0737 e. The van der Waals surface area contributed by atoms with Crippen LogP contribution in [0.4, 0.5) is 5.69 Å². The molecule has 6 heteroatoms. The van der Waals surface area contributed by atoms with Gasteiger partial charge in [0.05, 0.1) is 34.2 Å². The number of nitrogens with zero attached hydrogens (tertiary/aromatic N) is 1. The van der Waals surface area contributed by atoms with Crippen LogP contribution in [-0.2, 0) is 6.61 Å². The SMILES string of the molecule is Nc1cnc(-c2c(Cl)cc(Cl)cc2Cl)cc1CO. The summed E-state index contributed by atoms with van der Waals surface area (Å²) in [6.45, 7) is -0.176. The molecule has 3 N–H and O–H groups in total. The first-order valence-electron chi connectivity index (χ1n) is 5.03. The summed E-state index contributed by atoms with van der Waals surface area (Å²) in [5.74, 6) is 0. The lowest BCUT2D eigenvalue weighted by atomic mass is 10.1. The van der Waals surface area contributed by atoms with Crippen molar-refractivity contribution in [1.29, 1.82) is 0 Å². The Balaban J connectivity index is 2.62. The summed E-state index contributed by atoms with van der Waals surface area (Å²) < 4.78 is 0. The number of hydrogen-bond acceptors (Lipinski definition) is 3. The van der Waals surface area contributed by atoms with Gasteiger partial charge in [-0.05, 0) is 18.2 Å². The van der Waals surface area contributed by atoms with Crippen LogP contribution in [0.15, 0.2) is 24.4 Å². The molecule has 2 rings (SSSR count). The Hall–Kier alpha value is -1.00. The average Bonchev–Trinajstić information content (AvgIpc) is 2.30. The summed E-state index contributed by atoms with van der Waals surface area (Å²) in [7, 11) is 0. The van der Waals surface area contributed by atoms with E-state index in [0.29, 0.717) is 37.6 Å². The van der Waals surface area contributed by atoms with Gasteiger partial charge in [0.1, 0.15) is 0 Å². The Morgan fingerprint density at radius 2 is 1.72 bits per heavy atom. The summed E-state index contributed by atoms with van der Waals surface area (Å²) in [6, 6.07) is 4.82. The smallest absolute Gasteiger partial charge is 0.0737 e. The van der Waals surface area contributed by atoms with E-state index in [1.807, 2.05) is 0 Å². The van der Waals surface area contributed by atoms with Gasteiger partial charge in [0.15, 0.2) is 0 Å². The predicted octanol–water partition coefficient (Wildman–Crippen LogP) is 3.78. The Kier molecular flexibility index (Phi) is 3.97. The molecule has 0 unspecified atom stereocenters. The molecule has 94 valence electrons. The van der Waals surface area contributed by atoms with Gasteiger partial charge in [-0.15, -0.1) is 0 Å². The van der Waals surface area contributed by atoms with Gasteiger partial charge in [-0.25, -0.2) is 0 Å². The molecule has 0 saturated heterocycles. The molecule has 1 aromatic carbocycles. The zero-order valence-electron chi connectivity index (χ0n) is 9.12. The van der Waals surface area contributed by atoms with E-state index in [1.165, 1.54) is 6.20 Å². The van der Waals surface area contributed by atoms with Crippen LogP contribution in [0.2, 0.25) is 15.1 Å². The minimum absolute atomic E-state index is 0.176. The zero-order valence-corrected chi connectivity index (χ0v) is 11.4. The van der Waals surface area contributed by atoms with Crippen molar-refractivity contribution in [1.82, 2.24) is 4.98 Å². The number of hydrogen-bond donors (Lipinski definition) is 2. The highest BCUT2D eigenvalue weighted by atomic mass is 35.5. The highest BCUT2D eigenvalue weighted by Gasteiger charge is 2.13. The largest absolute Gasteiger partial charge is 0.397 e. The molecule has 0 aliphatic carbocycles. The Morgan fingerprint density at radius 3 is 2.28 bits per heavy atom. The second kappa shape index (κ2) is 5.33. The quantitative estimate of drug-likeness (QED) is 0.887. The normalized spacial score (nSPS) is 10.7. The molecular weight excluding hydrogens is 295 g/mol. The number of aromatic nitrogens is 1. The van der Waals surface area contributed by atoms with E-state index in [-0.39, 0.29) is 6.61 Å². The summed E-state index contributed by atoms with van der Waals surface area (Å²) >= 11 is 18.0. The first kappa shape index (κ1) is 13.4. The van der Waals surface area contributed by atoms with Crippen molar-refractivity contribution in [3.8, 4) is 11.3 Å². The third-order valence-electron chi connectivity index (χ3n) is 2.46. The molecule has 0 aliphatic heterocycles. The number of nitrogens with two attached hydrogens (primary N) is 1. The van der Waals surface area contributed by atoms with Gasteiger partial charge in [0.25, 0.3) is 0 Å². The minimum Gasteiger partial charge on any atom is -0.397 e. The highest BCUT2D eigenvalue weighted by molar-refractivity contribution is 6.41. The van der Waals surface area contributed by atoms with Crippen molar-refractivity contribution in [2.45, 2.75) is 6.61 Å². The second-order valence-corrected chi connectivity index (χ2v) is 4.92. The van der Waals surface area contributed by atoms with Crippen LogP contribution in [-0.4, -0.2) is 10.1 Å². The summed E-state index contributed by atoms with van der Waals surface area (Å²) in [5.41, 5.74) is 7.77. The van der Waals surface area contributed by atoms with E-state index in [1.54, 1.807) is 18.2 Å². The standard InChI is InChI=1S/C12H9Cl3N2O/c13-7-2-8(14)12(9(15)3-7)11-1-6(5-18)10(16)4-17-11/h1-4,18H,5,16H2. The fourth-order valence-corrected chi connectivity index (χ4v) is 2.58. The number of halogens is 3. The first-order valence-corrected chi connectivity index (χ1v) is 6.16. The van der Waals surface area contributed by atoms with E-state index < -0.39 is 0 Å². The van der Waals surface area contributed by atoms with E-state index in [4.69, 9.17) is 40.5 Å². The van der Waals surface area contributed by atoms with Crippen LogP contribution in [0.25, 0.3) is 11.3 Å². The third kappa shape index (κ3) is 2.54. The molecule has 0 radical (unpaired) electrons. The van der Waals surface area contributed by atoms with Gasteiger partial charge >= 0.3 is 0 Å². The molecule has 1 aromatic heterocycles. The van der Waals surface area contributed by atoms with Gasteiger partial charge in [0.2, 0.25) is 0 Å². The molecule has 18 heavy (non-hydrogen) atoms. The maximum atomic E-state index is 9.18. The minimum atomic E-state index is -0.176. The van der Waals surface area contributed by atoms with Crippen LogP contribution in [0.5, 0.6) is 0 Å².